The van der Waals surface area contributed by atoms with Gasteiger partial charge in [-0.15, -0.1) is 0 Å². The van der Waals surface area contributed by atoms with Crippen molar-refractivity contribution >= 4 is 17.3 Å². The van der Waals surface area contributed by atoms with Crippen LogP contribution in [0, 0.1) is 6.92 Å². The molecule has 0 amide bonds. The summed E-state index contributed by atoms with van der Waals surface area (Å²) in [5, 5.41) is 7.97. The van der Waals surface area contributed by atoms with Gasteiger partial charge in [0, 0.05) is 6.04 Å². The topological polar surface area (TPSA) is 37.7 Å². The maximum atomic E-state index is 5.65. The quantitative estimate of drug-likeness (QED) is 0.698. The normalized spacial score (nSPS) is 20.8. The Labute approximate surface area is 157 Å². The van der Waals surface area contributed by atoms with Crippen molar-refractivity contribution in [3.05, 3.63) is 35.4 Å². The van der Waals surface area contributed by atoms with E-state index < -0.39 is 0 Å². The van der Waals surface area contributed by atoms with Crippen molar-refractivity contribution in [1.82, 2.24) is 10.6 Å². The second-order valence-electron chi connectivity index (χ2n) is 7.48. The summed E-state index contributed by atoms with van der Waals surface area (Å²) in [7, 11) is 0. The molecule has 138 valence electrons. The first-order valence-corrected chi connectivity index (χ1v) is 10.2. The highest BCUT2D eigenvalue weighted by atomic mass is 32.1. The van der Waals surface area contributed by atoms with Gasteiger partial charge in [0.05, 0.1) is 13.2 Å². The van der Waals surface area contributed by atoms with Crippen LogP contribution in [0.15, 0.2) is 24.3 Å². The molecule has 1 aliphatic heterocycles. The Morgan fingerprint density at radius 1 is 1.16 bits per heavy atom. The zero-order valence-corrected chi connectivity index (χ0v) is 16.2. The van der Waals surface area contributed by atoms with Crippen LogP contribution in [0.2, 0.25) is 0 Å². The summed E-state index contributed by atoms with van der Waals surface area (Å²) in [5.74, 6) is 0. The third kappa shape index (κ3) is 5.94. The number of nitrogens with one attached hydrogen (secondary N) is 3. The number of hydrogen-bond acceptors (Lipinski definition) is 2. The van der Waals surface area contributed by atoms with E-state index in [9.17, 15) is 0 Å². The van der Waals surface area contributed by atoms with Gasteiger partial charge in [-0.3, -0.25) is 0 Å². The van der Waals surface area contributed by atoms with E-state index in [1.807, 2.05) is 0 Å². The number of quaternary nitrogens is 1. The average molecular weight is 363 g/mol. The minimum atomic E-state index is 0.247. The van der Waals surface area contributed by atoms with E-state index in [0.717, 1.165) is 38.0 Å². The molecule has 0 radical (unpaired) electrons. The Balaban J connectivity index is 1.62. The average Bonchev–Trinajstić information content (AvgIpc) is 2.63. The molecule has 0 bridgehead atoms. The molecule has 1 aromatic carbocycles. The van der Waals surface area contributed by atoms with Gasteiger partial charge >= 0.3 is 0 Å². The highest BCUT2D eigenvalue weighted by Crippen LogP contribution is 2.18. The molecule has 2 fully saturated rings. The van der Waals surface area contributed by atoms with Crippen molar-refractivity contribution in [2.75, 3.05) is 32.8 Å². The lowest BCUT2D eigenvalue weighted by Gasteiger charge is -2.30. The fourth-order valence-corrected chi connectivity index (χ4v) is 4.15. The van der Waals surface area contributed by atoms with Crippen molar-refractivity contribution in [3.63, 3.8) is 0 Å². The van der Waals surface area contributed by atoms with Crippen molar-refractivity contribution in [3.8, 4) is 0 Å². The van der Waals surface area contributed by atoms with Crippen molar-refractivity contribution in [2.45, 2.75) is 51.1 Å². The molecule has 3 N–H and O–H groups in total. The molecule has 1 atom stereocenters. The first kappa shape index (κ1) is 18.6. The Hall–Kier alpha value is -1.17. The van der Waals surface area contributed by atoms with Crippen molar-refractivity contribution in [2.24, 2.45) is 0 Å². The van der Waals surface area contributed by atoms with E-state index in [4.69, 9.17) is 17.0 Å². The predicted molar refractivity (Wildman–Crippen MR) is 106 cm³/mol. The molecule has 1 aliphatic carbocycles. The van der Waals surface area contributed by atoms with Crippen LogP contribution >= 0.6 is 12.2 Å². The molecule has 1 saturated carbocycles. The van der Waals surface area contributed by atoms with Crippen LogP contribution in [-0.4, -0.2) is 44.0 Å². The Morgan fingerprint density at radius 2 is 1.84 bits per heavy atom. The molecule has 0 spiro atoms. The molecule has 0 aromatic heterocycles. The second-order valence-corrected chi connectivity index (χ2v) is 7.89. The number of benzene rings is 1. The third-order valence-electron chi connectivity index (χ3n) is 5.42. The number of morpholine rings is 1. The zero-order chi connectivity index (χ0) is 17.5. The summed E-state index contributed by atoms with van der Waals surface area (Å²) >= 11 is 5.65. The minimum absolute atomic E-state index is 0.247. The maximum absolute atomic E-state index is 5.65. The van der Waals surface area contributed by atoms with Gasteiger partial charge in [0.1, 0.15) is 25.7 Å². The molecule has 1 aromatic rings. The summed E-state index contributed by atoms with van der Waals surface area (Å²) in [6.45, 7) is 7.05. The number of ether oxygens (including phenoxy) is 1. The number of thiocarbonyl (C=S) groups is 1. The second kappa shape index (κ2) is 9.51. The summed E-state index contributed by atoms with van der Waals surface area (Å²) < 4.78 is 5.50. The molecule has 3 rings (SSSR count). The van der Waals surface area contributed by atoms with Crippen molar-refractivity contribution in [1.29, 1.82) is 0 Å². The first-order valence-electron chi connectivity index (χ1n) is 9.75. The molecule has 4 nitrogen and oxygen atoms in total. The Morgan fingerprint density at radius 3 is 2.52 bits per heavy atom. The number of aryl methyl sites for hydroxylation is 1. The van der Waals surface area contributed by atoms with Gasteiger partial charge in [0.15, 0.2) is 5.11 Å². The lowest BCUT2D eigenvalue weighted by molar-refractivity contribution is -0.909. The van der Waals surface area contributed by atoms with Gasteiger partial charge in [-0.05, 0) is 37.5 Å². The van der Waals surface area contributed by atoms with E-state index >= 15 is 0 Å². The van der Waals surface area contributed by atoms with Crippen LogP contribution in [0.1, 0.15) is 49.3 Å². The fourth-order valence-electron chi connectivity index (χ4n) is 3.84. The highest BCUT2D eigenvalue weighted by molar-refractivity contribution is 7.80. The van der Waals surface area contributed by atoms with Gasteiger partial charge in [0.25, 0.3) is 0 Å². The van der Waals surface area contributed by atoms with Crippen molar-refractivity contribution < 1.29 is 9.64 Å². The number of hydrogen-bond donors (Lipinski definition) is 3. The molecular weight excluding hydrogens is 330 g/mol. The summed E-state index contributed by atoms with van der Waals surface area (Å²) in [6.07, 6.45) is 6.49. The van der Waals surface area contributed by atoms with Crippen LogP contribution in [0.25, 0.3) is 0 Å². The van der Waals surface area contributed by atoms with Gasteiger partial charge in [0.2, 0.25) is 0 Å². The monoisotopic (exact) mass is 362 g/mol. The molecule has 5 heteroatoms. The molecule has 25 heavy (non-hydrogen) atoms. The van der Waals surface area contributed by atoms with Gasteiger partial charge in [-0.25, -0.2) is 0 Å². The summed E-state index contributed by atoms with van der Waals surface area (Å²) in [5.41, 5.74) is 2.61. The smallest absolute Gasteiger partial charge is 0.167 e. The lowest BCUT2D eigenvalue weighted by atomic mass is 9.96. The van der Waals surface area contributed by atoms with Crippen LogP contribution in [0.5, 0.6) is 0 Å². The predicted octanol–water partition coefficient (Wildman–Crippen LogP) is 1.75. The number of rotatable bonds is 5. The zero-order valence-electron chi connectivity index (χ0n) is 15.4. The maximum Gasteiger partial charge on any atom is 0.167 e. The highest BCUT2D eigenvalue weighted by Gasteiger charge is 2.23. The summed E-state index contributed by atoms with van der Waals surface area (Å²) in [6, 6.07) is 9.64. The molecular formula is C20H32N3OS+. The SMILES string of the molecule is Cc1ccc([C@@H](C[NH+]2CCOCC2)NC(=S)NC2CCCCC2)cc1. The largest absolute Gasteiger partial charge is 0.370 e. The Bertz CT molecular complexity index is 536. The van der Waals surface area contributed by atoms with E-state index in [2.05, 4.69) is 41.8 Å². The van der Waals surface area contributed by atoms with Crippen LogP contribution in [0.4, 0.5) is 0 Å². The van der Waals surface area contributed by atoms with E-state index in [0.29, 0.717) is 6.04 Å². The Kier molecular flexibility index (Phi) is 7.08. The van der Waals surface area contributed by atoms with Crippen LogP contribution < -0.4 is 15.5 Å². The molecule has 1 saturated heterocycles. The summed E-state index contributed by atoms with van der Waals surface area (Å²) in [4.78, 5) is 1.59. The minimum Gasteiger partial charge on any atom is -0.370 e. The van der Waals surface area contributed by atoms with Gasteiger partial charge in [-0.2, -0.15) is 0 Å². The fraction of sp³-hybridized carbons (Fsp3) is 0.650. The third-order valence-corrected chi connectivity index (χ3v) is 5.65. The van der Waals surface area contributed by atoms with Gasteiger partial charge in [-0.1, -0.05) is 49.1 Å². The van der Waals surface area contributed by atoms with E-state index in [1.165, 1.54) is 43.2 Å². The molecule has 0 unspecified atom stereocenters. The van der Waals surface area contributed by atoms with E-state index in [-0.39, 0.29) is 6.04 Å². The van der Waals surface area contributed by atoms with Crippen LogP contribution in [-0.2, 0) is 4.74 Å². The van der Waals surface area contributed by atoms with Gasteiger partial charge < -0.3 is 20.3 Å². The standard InChI is InChI=1S/C20H31N3OS/c1-16-7-9-17(10-8-16)19(15-23-11-13-24-14-12-23)22-20(25)21-18-5-3-2-4-6-18/h7-10,18-19H,2-6,11-15H2,1H3,(H2,21,22,25)/p+1/t19-/m1/s1. The molecule has 2 aliphatic rings. The molecule has 1 heterocycles. The first-order chi connectivity index (χ1) is 12.2. The van der Waals surface area contributed by atoms with Crippen LogP contribution in [0.3, 0.4) is 0 Å². The lowest BCUT2D eigenvalue weighted by Crippen LogP contribution is -3.14. The van der Waals surface area contributed by atoms with E-state index in [1.54, 1.807) is 4.90 Å².